The number of hydrogen-bond acceptors (Lipinski definition) is 5. The van der Waals surface area contributed by atoms with Crippen LogP contribution in [0.2, 0.25) is 0 Å². The molecule has 1 heterocycles. The van der Waals surface area contributed by atoms with Gasteiger partial charge in [-0.1, -0.05) is 66.7 Å². The van der Waals surface area contributed by atoms with Crippen LogP contribution < -0.4 is 5.32 Å². The molecule has 5 rings (SSSR count). The van der Waals surface area contributed by atoms with E-state index in [1.54, 1.807) is 18.2 Å². The van der Waals surface area contributed by atoms with Crippen LogP contribution in [0.4, 0.5) is 15.9 Å². The van der Waals surface area contributed by atoms with E-state index >= 15 is 0 Å². The number of hydrogen-bond donors (Lipinski definition) is 1. The first-order valence-corrected chi connectivity index (χ1v) is 12.7. The molecule has 4 aromatic carbocycles. The Kier molecular flexibility index (Phi) is 7.91. The van der Waals surface area contributed by atoms with Crippen molar-refractivity contribution in [2.24, 2.45) is 0 Å². The Morgan fingerprint density at radius 1 is 0.878 bits per heavy atom. The predicted octanol–water partition coefficient (Wildman–Crippen LogP) is 5.87. The number of rotatable bonds is 9. The molecular formula is C31H24FN5O4. The molecule has 0 aliphatic heterocycles. The van der Waals surface area contributed by atoms with Gasteiger partial charge in [0, 0.05) is 35.9 Å². The summed E-state index contributed by atoms with van der Waals surface area (Å²) in [5, 5.41) is 18.7. The van der Waals surface area contributed by atoms with Gasteiger partial charge in [0.05, 0.1) is 16.3 Å². The summed E-state index contributed by atoms with van der Waals surface area (Å²) in [7, 11) is 0. The van der Waals surface area contributed by atoms with Crippen LogP contribution in [0.25, 0.3) is 16.9 Å². The summed E-state index contributed by atoms with van der Waals surface area (Å²) >= 11 is 0. The minimum absolute atomic E-state index is 0.0886. The Labute approximate surface area is 234 Å². The van der Waals surface area contributed by atoms with Gasteiger partial charge in [0.2, 0.25) is 5.91 Å². The molecule has 0 aliphatic rings. The van der Waals surface area contributed by atoms with Crippen LogP contribution in [0.15, 0.2) is 115 Å². The molecule has 0 aliphatic carbocycles. The topological polar surface area (TPSA) is 110 Å². The van der Waals surface area contributed by atoms with Crippen LogP contribution in [-0.2, 0) is 11.3 Å². The zero-order valence-corrected chi connectivity index (χ0v) is 21.7. The van der Waals surface area contributed by atoms with Crippen LogP contribution in [-0.4, -0.2) is 38.0 Å². The van der Waals surface area contributed by atoms with Crippen molar-refractivity contribution in [2.75, 3.05) is 11.9 Å². The van der Waals surface area contributed by atoms with Gasteiger partial charge < -0.3 is 10.2 Å². The number of nitrogens with one attached hydrogen (secondary N) is 1. The van der Waals surface area contributed by atoms with Crippen LogP contribution in [0, 0.1) is 15.9 Å². The fourth-order valence-corrected chi connectivity index (χ4v) is 4.29. The Hall–Kier alpha value is -5.64. The molecule has 204 valence electrons. The molecule has 0 radical (unpaired) electrons. The molecule has 1 aromatic heterocycles. The lowest BCUT2D eigenvalue weighted by Gasteiger charge is -2.22. The molecule has 41 heavy (non-hydrogen) atoms. The average molecular weight is 550 g/mol. The number of carbonyl (C=O) groups is 2. The lowest BCUT2D eigenvalue weighted by molar-refractivity contribution is -0.384. The second-order valence-electron chi connectivity index (χ2n) is 9.17. The molecule has 0 atom stereocenters. The van der Waals surface area contributed by atoms with Gasteiger partial charge in [-0.2, -0.15) is 5.10 Å². The average Bonchev–Trinajstić information content (AvgIpc) is 3.41. The van der Waals surface area contributed by atoms with Crippen molar-refractivity contribution < 1.29 is 18.9 Å². The second-order valence-corrected chi connectivity index (χ2v) is 9.17. The maximum absolute atomic E-state index is 13.6. The quantitative estimate of drug-likeness (QED) is 0.183. The summed E-state index contributed by atoms with van der Waals surface area (Å²) in [6.45, 7) is -0.242. The molecule has 0 spiro atoms. The van der Waals surface area contributed by atoms with Crippen molar-refractivity contribution in [1.82, 2.24) is 14.7 Å². The molecular weight excluding hydrogens is 525 g/mol. The van der Waals surface area contributed by atoms with Crippen LogP contribution in [0.1, 0.15) is 15.9 Å². The van der Waals surface area contributed by atoms with Gasteiger partial charge in [-0.25, -0.2) is 9.07 Å². The zero-order valence-electron chi connectivity index (χ0n) is 21.7. The number of halogens is 1. The van der Waals surface area contributed by atoms with Crippen LogP contribution >= 0.6 is 0 Å². The number of non-ortho nitro benzene ring substituents is 1. The number of amides is 2. The van der Waals surface area contributed by atoms with Gasteiger partial charge in [-0.15, -0.1) is 0 Å². The van der Waals surface area contributed by atoms with Crippen molar-refractivity contribution in [3.63, 3.8) is 0 Å². The fraction of sp³-hybridized carbons (Fsp3) is 0.0645. The van der Waals surface area contributed by atoms with E-state index in [0.29, 0.717) is 17.2 Å². The minimum Gasteiger partial charge on any atom is -0.325 e. The van der Waals surface area contributed by atoms with Crippen molar-refractivity contribution in [3.05, 3.63) is 142 Å². The Morgan fingerprint density at radius 2 is 1.56 bits per heavy atom. The number of aromatic nitrogens is 2. The highest BCUT2D eigenvalue weighted by Crippen LogP contribution is 2.25. The Morgan fingerprint density at radius 3 is 2.24 bits per heavy atom. The van der Waals surface area contributed by atoms with Crippen molar-refractivity contribution in [3.8, 4) is 16.9 Å². The molecule has 0 unspecified atom stereocenters. The summed E-state index contributed by atoms with van der Waals surface area (Å²) in [4.78, 5) is 38.9. The minimum atomic E-state index is -0.577. The Balaban J connectivity index is 1.44. The fourth-order valence-electron chi connectivity index (χ4n) is 4.29. The van der Waals surface area contributed by atoms with Gasteiger partial charge >= 0.3 is 0 Å². The largest absolute Gasteiger partial charge is 0.325 e. The number of anilines is 1. The molecule has 9 nitrogen and oxygen atoms in total. The third kappa shape index (κ3) is 6.51. The lowest BCUT2D eigenvalue weighted by Crippen LogP contribution is -2.37. The van der Waals surface area contributed by atoms with Crippen LogP contribution in [0.5, 0.6) is 0 Å². The van der Waals surface area contributed by atoms with Crippen molar-refractivity contribution in [1.29, 1.82) is 0 Å². The van der Waals surface area contributed by atoms with Crippen LogP contribution in [0.3, 0.4) is 0 Å². The smallest absolute Gasteiger partial charge is 0.270 e. The number of nitro groups is 1. The number of benzene rings is 4. The molecule has 0 saturated carbocycles. The molecule has 5 aromatic rings. The first-order chi connectivity index (χ1) is 19.9. The third-order valence-electron chi connectivity index (χ3n) is 6.26. The monoisotopic (exact) mass is 549 g/mol. The first-order valence-electron chi connectivity index (χ1n) is 12.7. The van der Waals surface area contributed by atoms with E-state index in [4.69, 9.17) is 0 Å². The molecule has 1 N–H and O–H groups in total. The molecule has 10 heteroatoms. The zero-order chi connectivity index (χ0) is 28.8. The summed E-state index contributed by atoms with van der Waals surface area (Å²) < 4.78 is 15.1. The molecule has 2 amide bonds. The summed E-state index contributed by atoms with van der Waals surface area (Å²) in [5.74, 6) is -1.14. The van der Waals surface area contributed by atoms with Gasteiger partial charge in [0.1, 0.15) is 18.2 Å². The van der Waals surface area contributed by atoms with E-state index in [1.807, 2.05) is 60.7 Å². The molecule has 0 fully saturated rings. The third-order valence-corrected chi connectivity index (χ3v) is 6.26. The van der Waals surface area contributed by atoms with E-state index in [0.717, 1.165) is 11.1 Å². The van der Waals surface area contributed by atoms with Gasteiger partial charge in [-0.05, 0) is 35.9 Å². The first kappa shape index (κ1) is 26.9. The summed E-state index contributed by atoms with van der Waals surface area (Å²) in [6.07, 6.45) is 0. The maximum atomic E-state index is 13.6. The van der Waals surface area contributed by atoms with Crippen molar-refractivity contribution in [2.45, 2.75) is 6.54 Å². The molecule has 0 bridgehead atoms. The highest BCUT2D eigenvalue weighted by molar-refractivity contribution is 5.99. The van der Waals surface area contributed by atoms with Crippen molar-refractivity contribution >= 4 is 23.3 Å². The van der Waals surface area contributed by atoms with Gasteiger partial charge in [0.25, 0.3) is 11.6 Å². The predicted molar refractivity (Wildman–Crippen MR) is 152 cm³/mol. The van der Waals surface area contributed by atoms with E-state index in [-0.39, 0.29) is 24.3 Å². The Bertz CT molecular complexity index is 1690. The normalized spacial score (nSPS) is 10.7. The number of nitrogens with zero attached hydrogens (tertiary/aromatic N) is 4. The number of nitro benzene ring substituents is 1. The van der Waals surface area contributed by atoms with E-state index in [9.17, 15) is 24.1 Å². The van der Waals surface area contributed by atoms with Gasteiger partial charge in [-0.3, -0.25) is 19.7 Å². The SMILES string of the molecule is O=C(CN(Cc1ccccc1)C(=O)c1cccc([N+](=O)[O-])c1)Nc1cc(-c2ccccc2)nn1-c1ccc(F)cc1. The highest BCUT2D eigenvalue weighted by atomic mass is 19.1. The lowest BCUT2D eigenvalue weighted by atomic mass is 10.1. The van der Waals surface area contributed by atoms with E-state index in [2.05, 4.69) is 10.4 Å². The highest BCUT2D eigenvalue weighted by Gasteiger charge is 2.22. The molecule has 0 saturated heterocycles. The van der Waals surface area contributed by atoms with E-state index in [1.165, 1.54) is 46.0 Å². The van der Waals surface area contributed by atoms with E-state index < -0.39 is 22.6 Å². The standard InChI is InChI=1S/C31H24FN5O4/c32-25-14-16-26(17-15-25)36-29(19-28(34-36)23-10-5-2-6-11-23)33-30(38)21-35(20-22-8-3-1-4-9-22)31(39)24-12-7-13-27(18-24)37(40)41/h1-19H,20-21H2,(H,33,38). The summed E-state index contributed by atoms with van der Waals surface area (Å²) in [5.41, 5.74) is 2.57. The van der Waals surface area contributed by atoms with Gasteiger partial charge in [0.15, 0.2) is 0 Å². The maximum Gasteiger partial charge on any atom is 0.270 e. The second kappa shape index (κ2) is 12.0. The summed E-state index contributed by atoms with van der Waals surface area (Å²) in [6, 6.07) is 31.2. The number of carbonyl (C=O) groups excluding carboxylic acids is 2.